The van der Waals surface area contributed by atoms with E-state index in [-0.39, 0.29) is 17.5 Å². The fourth-order valence-electron chi connectivity index (χ4n) is 2.60. The maximum Gasteiger partial charge on any atom is 0.331 e. The van der Waals surface area contributed by atoms with Crippen LogP contribution in [0.4, 0.5) is 4.79 Å². The highest BCUT2D eigenvalue weighted by Gasteiger charge is 2.18. The number of methoxy groups -OCH3 is 1. The zero-order chi connectivity index (χ0) is 18.9. The molecule has 0 heterocycles. The number of hydrogen-bond acceptors (Lipinski definition) is 6. The number of urea groups is 1. The minimum atomic E-state index is -0.733. The number of imide groups is 1. The SMILES string of the molecule is COc1cc(/C=C/C(=O)OCC(=O)NC(=O)NC2CCCC2)ccc1O. The first kappa shape index (κ1) is 19.3. The number of nitrogens with one attached hydrogen (secondary N) is 2. The lowest BCUT2D eigenvalue weighted by Crippen LogP contribution is -2.44. The van der Waals surface area contributed by atoms with Gasteiger partial charge in [-0.15, -0.1) is 0 Å². The monoisotopic (exact) mass is 362 g/mol. The molecule has 0 atom stereocenters. The van der Waals surface area contributed by atoms with Crippen molar-refractivity contribution in [2.75, 3.05) is 13.7 Å². The molecule has 8 nitrogen and oxygen atoms in total. The second kappa shape index (κ2) is 9.45. The van der Waals surface area contributed by atoms with E-state index in [4.69, 9.17) is 9.47 Å². The molecule has 1 aliphatic rings. The highest BCUT2D eigenvalue weighted by Crippen LogP contribution is 2.26. The summed E-state index contributed by atoms with van der Waals surface area (Å²) in [5.41, 5.74) is 0.608. The Kier molecular flexibility index (Phi) is 7.02. The van der Waals surface area contributed by atoms with Crippen molar-refractivity contribution in [1.29, 1.82) is 0 Å². The lowest BCUT2D eigenvalue weighted by atomic mass is 10.2. The predicted molar refractivity (Wildman–Crippen MR) is 93.6 cm³/mol. The smallest absolute Gasteiger partial charge is 0.331 e. The Bertz CT molecular complexity index is 695. The Morgan fingerprint density at radius 1 is 1.27 bits per heavy atom. The molecule has 1 saturated carbocycles. The number of amides is 3. The summed E-state index contributed by atoms with van der Waals surface area (Å²) in [6.45, 7) is -0.555. The molecule has 0 aliphatic heterocycles. The molecule has 1 aliphatic carbocycles. The minimum absolute atomic E-state index is 0.0141. The Morgan fingerprint density at radius 3 is 2.69 bits per heavy atom. The van der Waals surface area contributed by atoms with Crippen LogP contribution in [0.2, 0.25) is 0 Å². The summed E-state index contributed by atoms with van der Waals surface area (Å²) in [5.74, 6) is -1.18. The van der Waals surface area contributed by atoms with Crippen molar-refractivity contribution in [3.8, 4) is 11.5 Å². The minimum Gasteiger partial charge on any atom is -0.504 e. The number of hydrogen-bond donors (Lipinski definition) is 3. The van der Waals surface area contributed by atoms with Crippen molar-refractivity contribution in [2.45, 2.75) is 31.7 Å². The Hall–Kier alpha value is -3.03. The van der Waals surface area contributed by atoms with Gasteiger partial charge in [-0.05, 0) is 36.6 Å². The van der Waals surface area contributed by atoms with Gasteiger partial charge in [0, 0.05) is 12.1 Å². The van der Waals surface area contributed by atoms with Crippen molar-refractivity contribution in [1.82, 2.24) is 10.6 Å². The van der Waals surface area contributed by atoms with E-state index in [1.807, 2.05) is 0 Å². The van der Waals surface area contributed by atoms with Gasteiger partial charge < -0.3 is 19.9 Å². The molecule has 3 N–H and O–H groups in total. The molecule has 26 heavy (non-hydrogen) atoms. The average molecular weight is 362 g/mol. The van der Waals surface area contributed by atoms with E-state index in [0.29, 0.717) is 5.56 Å². The van der Waals surface area contributed by atoms with E-state index in [1.165, 1.54) is 19.3 Å². The molecule has 1 fully saturated rings. The Morgan fingerprint density at radius 2 is 2.00 bits per heavy atom. The van der Waals surface area contributed by atoms with E-state index in [1.54, 1.807) is 12.1 Å². The van der Waals surface area contributed by atoms with E-state index in [9.17, 15) is 19.5 Å². The molecule has 1 aromatic carbocycles. The van der Waals surface area contributed by atoms with E-state index >= 15 is 0 Å². The van der Waals surface area contributed by atoms with E-state index in [2.05, 4.69) is 10.6 Å². The molecule has 0 saturated heterocycles. The van der Waals surface area contributed by atoms with Gasteiger partial charge in [0.1, 0.15) is 0 Å². The van der Waals surface area contributed by atoms with Gasteiger partial charge in [-0.1, -0.05) is 18.9 Å². The molecule has 140 valence electrons. The van der Waals surface area contributed by atoms with Gasteiger partial charge in [-0.3, -0.25) is 10.1 Å². The number of aromatic hydroxyl groups is 1. The second-order valence-corrected chi connectivity index (χ2v) is 5.88. The molecule has 0 spiro atoms. The number of rotatable bonds is 6. The number of carbonyl (C=O) groups is 3. The number of esters is 1. The van der Waals surface area contributed by atoms with Crippen LogP contribution in [-0.2, 0) is 14.3 Å². The summed E-state index contributed by atoms with van der Waals surface area (Å²) in [5, 5.41) is 14.3. The molecule has 0 bridgehead atoms. The molecule has 3 amide bonds. The second-order valence-electron chi connectivity index (χ2n) is 5.88. The first-order valence-electron chi connectivity index (χ1n) is 8.30. The van der Waals surface area contributed by atoms with Crippen LogP contribution in [-0.4, -0.2) is 42.8 Å². The summed E-state index contributed by atoms with van der Waals surface area (Å²) in [6.07, 6.45) is 6.53. The summed E-state index contributed by atoms with van der Waals surface area (Å²) in [7, 11) is 1.41. The molecule has 0 radical (unpaired) electrons. The first-order valence-corrected chi connectivity index (χ1v) is 8.30. The number of benzene rings is 1. The Balaban J connectivity index is 1.73. The molecule has 8 heteroatoms. The fourth-order valence-corrected chi connectivity index (χ4v) is 2.60. The van der Waals surface area contributed by atoms with Crippen LogP contribution < -0.4 is 15.4 Å². The summed E-state index contributed by atoms with van der Waals surface area (Å²) in [4.78, 5) is 34.9. The van der Waals surface area contributed by atoms with Crippen molar-refractivity contribution >= 4 is 24.0 Å². The summed E-state index contributed by atoms with van der Waals surface area (Å²) < 4.78 is 9.74. The summed E-state index contributed by atoms with van der Waals surface area (Å²) in [6, 6.07) is 4.07. The van der Waals surface area contributed by atoms with Crippen molar-refractivity contribution < 1.29 is 29.0 Å². The van der Waals surface area contributed by atoms with Crippen LogP contribution in [0.15, 0.2) is 24.3 Å². The molecule has 0 aromatic heterocycles. The van der Waals surface area contributed by atoms with Gasteiger partial charge in [0.15, 0.2) is 18.1 Å². The van der Waals surface area contributed by atoms with Gasteiger partial charge in [0.25, 0.3) is 5.91 Å². The van der Waals surface area contributed by atoms with Crippen LogP contribution in [0.3, 0.4) is 0 Å². The highest BCUT2D eigenvalue weighted by atomic mass is 16.5. The van der Waals surface area contributed by atoms with E-state index < -0.39 is 24.5 Å². The zero-order valence-corrected chi connectivity index (χ0v) is 14.5. The van der Waals surface area contributed by atoms with Crippen LogP contribution >= 0.6 is 0 Å². The zero-order valence-electron chi connectivity index (χ0n) is 14.5. The Labute approximate surface area is 151 Å². The maximum absolute atomic E-state index is 11.6. The highest BCUT2D eigenvalue weighted by molar-refractivity contribution is 5.96. The van der Waals surface area contributed by atoms with Crippen LogP contribution in [0, 0.1) is 0 Å². The van der Waals surface area contributed by atoms with Gasteiger partial charge >= 0.3 is 12.0 Å². The first-order chi connectivity index (χ1) is 12.5. The third-order valence-electron chi connectivity index (χ3n) is 3.90. The van der Waals surface area contributed by atoms with Gasteiger partial charge in [0.2, 0.25) is 0 Å². The fraction of sp³-hybridized carbons (Fsp3) is 0.389. The standard InChI is InChI=1S/C18H22N2O6/c1-25-15-10-12(6-8-14(15)21)7-9-17(23)26-11-16(22)20-18(24)19-13-4-2-3-5-13/h6-10,13,21H,2-5,11H2,1H3,(H2,19,20,22,24)/b9-7+. The van der Waals surface area contributed by atoms with Crippen LogP contribution in [0.25, 0.3) is 6.08 Å². The third kappa shape index (κ3) is 6.12. The maximum atomic E-state index is 11.6. The van der Waals surface area contributed by atoms with Gasteiger partial charge in [-0.25, -0.2) is 9.59 Å². The quantitative estimate of drug-likeness (QED) is 0.524. The van der Waals surface area contributed by atoms with Gasteiger partial charge in [0.05, 0.1) is 7.11 Å². The van der Waals surface area contributed by atoms with Crippen molar-refractivity contribution in [3.63, 3.8) is 0 Å². The van der Waals surface area contributed by atoms with Crippen molar-refractivity contribution in [2.24, 2.45) is 0 Å². The van der Waals surface area contributed by atoms with Gasteiger partial charge in [-0.2, -0.15) is 0 Å². The molecular weight excluding hydrogens is 340 g/mol. The largest absolute Gasteiger partial charge is 0.504 e. The van der Waals surface area contributed by atoms with Crippen LogP contribution in [0.5, 0.6) is 11.5 Å². The third-order valence-corrected chi connectivity index (χ3v) is 3.90. The lowest BCUT2D eigenvalue weighted by Gasteiger charge is -2.12. The number of phenolic OH excluding ortho intramolecular Hbond substituents is 1. The summed E-state index contributed by atoms with van der Waals surface area (Å²) >= 11 is 0. The molecule has 0 unspecified atom stereocenters. The molecule has 2 rings (SSSR count). The number of ether oxygens (including phenoxy) is 2. The van der Waals surface area contributed by atoms with Crippen molar-refractivity contribution in [3.05, 3.63) is 29.8 Å². The molecular formula is C18H22N2O6. The van der Waals surface area contributed by atoms with E-state index in [0.717, 1.165) is 31.8 Å². The average Bonchev–Trinajstić information content (AvgIpc) is 3.12. The lowest BCUT2D eigenvalue weighted by molar-refractivity contribution is -0.143. The number of phenols is 1. The number of carbonyl (C=O) groups excluding carboxylic acids is 3. The van der Waals surface area contributed by atoms with Crippen LogP contribution in [0.1, 0.15) is 31.2 Å². The predicted octanol–water partition coefficient (Wildman–Crippen LogP) is 1.73. The molecule has 1 aromatic rings. The topological polar surface area (TPSA) is 114 Å². The normalized spacial score (nSPS) is 14.2.